The number of rotatable bonds is 3. The number of ketones is 1. The van der Waals surface area contributed by atoms with Crippen molar-refractivity contribution >= 4 is 51.9 Å². The molecule has 1 heterocycles. The average molecular weight is 320 g/mol. The van der Waals surface area contributed by atoms with E-state index >= 15 is 0 Å². The van der Waals surface area contributed by atoms with Crippen molar-refractivity contribution in [1.29, 1.82) is 0 Å². The topological polar surface area (TPSA) is 17.1 Å². The molecule has 2 rings (SSSR count). The van der Waals surface area contributed by atoms with Crippen molar-refractivity contribution in [3.8, 4) is 0 Å². The van der Waals surface area contributed by atoms with Crippen LogP contribution in [0.4, 0.5) is 0 Å². The SMILES string of the molecule is Cc1ccc(CC(=O)c2cc(Cl)sc2Cl)c(Cl)c1. The highest BCUT2D eigenvalue weighted by Crippen LogP contribution is 2.32. The molecular formula is C13H9Cl3OS. The van der Waals surface area contributed by atoms with Gasteiger partial charge in [0.1, 0.15) is 4.34 Å². The van der Waals surface area contributed by atoms with Crippen LogP contribution in [-0.4, -0.2) is 5.78 Å². The van der Waals surface area contributed by atoms with Crippen molar-refractivity contribution in [3.05, 3.63) is 54.7 Å². The predicted octanol–water partition coefficient (Wildman–Crippen LogP) is 5.44. The van der Waals surface area contributed by atoms with Crippen molar-refractivity contribution < 1.29 is 4.79 Å². The number of thiophene rings is 1. The summed E-state index contributed by atoms with van der Waals surface area (Å²) in [6, 6.07) is 7.22. The summed E-state index contributed by atoms with van der Waals surface area (Å²) < 4.78 is 0.937. The number of benzene rings is 1. The monoisotopic (exact) mass is 318 g/mol. The Kier molecular flexibility index (Phi) is 4.33. The number of Topliss-reactive ketones (excluding diaryl/α,β-unsaturated/α-hetero) is 1. The third-order valence-electron chi connectivity index (χ3n) is 2.52. The van der Waals surface area contributed by atoms with Gasteiger partial charge in [-0.15, -0.1) is 11.3 Å². The number of aryl methyl sites for hydroxylation is 1. The summed E-state index contributed by atoms with van der Waals surface area (Å²) in [5.74, 6) is -0.0751. The molecule has 0 saturated heterocycles. The lowest BCUT2D eigenvalue weighted by molar-refractivity contribution is 0.0993. The Hall–Kier alpha value is -0.540. The van der Waals surface area contributed by atoms with Gasteiger partial charge >= 0.3 is 0 Å². The molecule has 0 N–H and O–H groups in total. The number of hydrogen-bond acceptors (Lipinski definition) is 2. The second-order valence-electron chi connectivity index (χ2n) is 3.93. The first-order chi connectivity index (χ1) is 8.47. The maximum absolute atomic E-state index is 12.1. The quantitative estimate of drug-likeness (QED) is 0.688. The molecule has 0 aliphatic rings. The second-order valence-corrected chi connectivity index (χ2v) is 6.63. The normalized spacial score (nSPS) is 10.7. The molecule has 0 fully saturated rings. The van der Waals surface area contributed by atoms with Crippen molar-refractivity contribution in [2.45, 2.75) is 13.3 Å². The van der Waals surface area contributed by atoms with E-state index in [0.29, 0.717) is 19.3 Å². The Morgan fingerprint density at radius 2 is 1.94 bits per heavy atom. The van der Waals surface area contributed by atoms with Gasteiger partial charge in [0.2, 0.25) is 0 Å². The van der Waals surface area contributed by atoms with Crippen LogP contribution < -0.4 is 0 Å². The van der Waals surface area contributed by atoms with Crippen LogP contribution >= 0.6 is 46.1 Å². The van der Waals surface area contributed by atoms with Crippen LogP contribution in [0.5, 0.6) is 0 Å². The summed E-state index contributed by atoms with van der Waals surface area (Å²) in [5, 5.41) is 0.598. The van der Waals surface area contributed by atoms with Crippen LogP contribution in [0.3, 0.4) is 0 Å². The number of carbonyl (C=O) groups is 1. The second kappa shape index (κ2) is 5.62. The zero-order valence-electron chi connectivity index (χ0n) is 9.47. The molecule has 0 amide bonds. The molecule has 0 atom stereocenters. The third kappa shape index (κ3) is 3.07. The molecule has 1 aromatic heterocycles. The molecule has 1 aromatic carbocycles. The van der Waals surface area contributed by atoms with E-state index in [1.807, 2.05) is 25.1 Å². The molecule has 0 aliphatic carbocycles. The molecule has 1 nitrogen and oxygen atoms in total. The molecule has 0 unspecified atom stereocenters. The first-order valence-electron chi connectivity index (χ1n) is 5.20. The van der Waals surface area contributed by atoms with Crippen molar-refractivity contribution in [2.75, 3.05) is 0 Å². The summed E-state index contributed by atoms with van der Waals surface area (Å²) in [7, 11) is 0. The van der Waals surface area contributed by atoms with E-state index in [-0.39, 0.29) is 12.2 Å². The van der Waals surface area contributed by atoms with Crippen LogP contribution in [0, 0.1) is 6.92 Å². The van der Waals surface area contributed by atoms with E-state index in [0.717, 1.165) is 11.1 Å². The van der Waals surface area contributed by atoms with Gasteiger partial charge in [0, 0.05) is 17.0 Å². The fourth-order valence-corrected chi connectivity index (χ4v) is 3.40. The van der Waals surface area contributed by atoms with E-state index < -0.39 is 0 Å². The maximum Gasteiger partial charge on any atom is 0.169 e. The first kappa shape index (κ1) is 13.9. The Balaban J connectivity index is 2.24. The highest BCUT2D eigenvalue weighted by atomic mass is 35.5. The van der Waals surface area contributed by atoms with E-state index in [2.05, 4.69) is 0 Å². The van der Waals surface area contributed by atoms with Gasteiger partial charge in [-0.1, -0.05) is 46.9 Å². The molecule has 18 heavy (non-hydrogen) atoms. The van der Waals surface area contributed by atoms with Gasteiger partial charge in [0.25, 0.3) is 0 Å². The van der Waals surface area contributed by atoms with Crippen molar-refractivity contribution in [3.63, 3.8) is 0 Å². The minimum atomic E-state index is -0.0751. The molecule has 0 bridgehead atoms. The summed E-state index contributed by atoms with van der Waals surface area (Å²) in [6.07, 6.45) is 0.228. The summed E-state index contributed by atoms with van der Waals surface area (Å²) >= 11 is 19.1. The van der Waals surface area contributed by atoms with Crippen LogP contribution in [-0.2, 0) is 6.42 Å². The van der Waals surface area contributed by atoms with E-state index in [9.17, 15) is 4.79 Å². The molecule has 94 valence electrons. The zero-order chi connectivity index (χ0) is 13.3. The Bertz CT molecular complexity index is 604. The van der Waals surface area contributed by atoms with Gasteiger partial charge in [0.05, 0.1) is 4.34 Å². The van der Waals surface area contributed by atoms with E-state index in [1.54, 1.807) is 6.07 Å². The van der Waals surface area contributed by atoms with E-state index in [1.165, 1.54) is 11.3 Å². The number of carbonyl (C=O) groups excluding carboxylic acids is 1. The highest BCUT2D eigenvalue weighted by Gasteiger charge is 2.15. The van der Waals surface area contributed by atoms with Crippen LogP contribution in [0.25, 0.3) is 0 Å². The zero-order valence-corrected chi connectivity index (χ0v) is 12.6. The molecular weight excluding hydrogens is 311 g/mol. The van der Waals surface area contributed by atoms with Gasteiger partial charge in [0.15, 0.2) is 5.78 Å². The molecule has 0 spiro atoms. The Morgan fingerprint density at radius 3 is 2.50 bits per heavy atom. The van der Waals surface area contributed by atoms with Gasteiger partial charge in [-0.3, -0.25) is 4.79 Å². The summed E-state index contributed by atoms with van der Waals surface area (Å²) in [6.45, 7) is 1.95. The fraction of sp³-hybridized carbons (Fsp3) is 0.154. The van der Waals surface area contributed by atoms with Crippen LogP contribution in [0.2, 0.25) is 13.7 Å². The first-order valence-corrected chi connectivity index (χ1v) is 7.15. The lowest BCUT2D eigenvalue weighted by atomic mass is 10.0. The smallest absolute Gasteiger partial charge is 0.169 e. The maximum atomic E-state index is 12.1. The average Bonchev–Trinajstić information content (AvgIpc) is 2.62. The lowest BCUT2D eigenvalue weighted by Crippen LogP contribution is -2.03. The lowest BCUT2D eigenvalue weighted by Gasteiger charge is -2.04. The fourth-order valence-electron chi connectivity index (χ4n) is 1.59. The third-order valence-corrected chi connectivity index (χ3v) is 4.36. The number of hydrogen-bond donors (Lipinski definition) is 0. The summed E-state index contributed by atoms with van der Waals surface area (Å²) in [5.41, 5.74) is 2.32. The number of halogens is 3. The van der Waals surface area contributed by atoms with Gasteiger partial charge in [-0.25, -0.2) is 0 Å². The van der Waals surface area contributed by atoms with Crippen LogP contribution in [0.1, 0.15) is 21.5 Å². The highest BCUT2D eigenvalue weighted by molar-refractivity contribution is 7.20. The Labute approximate surface area is 124 Å². The van der Waals surface area contributed by atoms with Crippen molar-refractivity contribution in [1.82, 2.24) is 0 Å². The minimum absolute atomic E-state index is 0.0751. The standard InChI is InChI=1S/C13H9Cl3OS/c1-7-2-3-8(10(14)4-7)5-11(17)9-6-12(15)18-13(9)16/h2-4,6H,5H2,1H3. The molecule has 0 aliphatic heterocycles. The summed E-state index contributed by atoms with van der Waals surface area (Å²) in [4.78, 5) is 12.1. The molecule has 5 heteroatoms. The molecule has 0 radical (unpaired) electrons. The predicted molar refractivity (Wildman–Crippen MR) is 78.6 cm³/mol. The van der Waals surface area contributed by atoms with Gasteiger partial charge in [-0.2, -0.15) is 0 Å². The molecule has 0 saturated carbocycles. The molecule has 2 aromatic rings. The largest absolute Gasteiger partial charge is 0.294 e. The van der Waals surface area contributed by atoms with Gasteiger partial charge < -0.3 is 0 Å². The van der Waals surface area contributed by atoms with Crippen LogP contribution in [0.15, 0.2) is 24.3 Å². The minimum Gasteiger partial charge on any atom is -0.294 e. The Morgan fingerprint density at radius 1 is 1.22 bits per heavy atom. The van der Waals surface area contributed by atoms with Crippen molar-refractivity contribution in [2.24, 2.45) is 0 Å². The van der Waals surface area contributed by atoms with E-state index in [4.69, 9.17) is 34.8 Å². The van der Waals surface area contributed by atoms with Gasteiger partial charge in [-0.05, 0) is 30.2 Å².